The van der Waals surface area contributed by atoms with Crippen LogP contribution in [0.2, 0.25) is 0 Å². The second-order valence-corrected chi connectivity index (χ2v) is 7.94. The Hall–Kier alpha value is -3.95. The molecule has 0 fully saturated rings. The lowest BCUT2D eigenvalue weighted by molar-refractivity contribution is -0.274. The summed E-state index contributed by atoms with van der Waals surface area (Å²) in [6.07, 6.45) is -3.09. The number of ether oxygens (including phenoxy) is 1. The second kappa shape index (κ2) is 6.53. The summed E-state index contributed by atoms with van der Waals surface area (Å²) in [6, 6.07) is 9.89. The first kappa shape index (κ1) is 19.0. The highest BCUT2D eigenvalue weighted by molar-refractivity contribution is 7.26. The molecule has 1 heterocycles. The van der Waals surface area contributed by atoms with Gasteiger partial charge in [0, 0.05) is 21.5 Å². The number of fused-ring (bicyclic) bond motifs is 7. The first-order chi connectivity index (χ1) is 14.8. The number of rotatable bonds is 1. The van der Waals surface area contributed by atoms with Crippen molar-refractivity contribution in [3.05, 3.63) is 64.2 Å². The molecule has 0 bridgehead atoms. The van der Waals surface area contributed by atoms with Gasteiger partial charge < -0.3 is 4.74 Å². The monoisotopic (exact) mass is 434 g/mol. The standard InChI is InChI=1S/C22H9F3N4OS/c1-10-3-5-12-14(7-10)19(29-27-2)21-17(12)16-13-6-4-11(30-22(23,24)25)8-15(13)18(28-9-26)20(16)31-21/h3-8H,1H3/b28-18?,29-19+. The van der Waals surface area contributed by atoms with Crippen molar-refractivity contribution in [2.24, 2.45) is 10.1 Å². The smallest absolute Gasteiger partial charge is 0.406 e. The third-order valence-electron chi connectivity index (χ3n) is 5.10. The van der Waals surface area contributed by atoms with Gasteiger partial charge in [0.15, 0.2) is 5.36 Å². The fourth-order valence-electron chi connectivity index (χ4n) is 4.04. The molecule has 0 aliphatic heterocycles. The molecule has 5 aromatic rings. The van der Waals surface area contributed by atoms with E-state index in [1.807, 2.05) is 25.1 Å². The Morgan fingerprint density at radius 2 is 1.65 bits per heavy atom. The molecule has 0 N–H and O–H groups in total. The largest absolute Gasteiger partial charge is 0.573 e. The molecule has 4 aromatic carbocycles. The Kier molecular flexibility index (Phi) is 4.01. The van der Waals surface area contributed by atoms with Crippen LogP contribution in [0.3, 0.4) is 0 Å². The summed E-state index contributed by atoms with van der Waals surface area (Å²) in [6.45, 7) is 9.16. The molecule has 0 spiro atoms. The Balaban J connectivity index is 2.00. The van der Waals surface area contributed by atoms with Gasteiger partial charge in [0.2, 0.25) is 6.19 Å². The Labute approximate surface area is 176 Å². The quantitative estimate of drug-likeness (QED) is 0.197. The van der Waals surface area contributed by atoms with Gasteiger partial charge in [-0.2, -0.15) is 16.8 Å². The summed E-state index contributed by atoms with van der Waals surface area (Å²) in [5.74, 6) is -0.380. The van der Waals surface area contributed by atoms with Crippen LogP contribution >= 0.6 is 11.3 Å². The second-order valence-electron chi connectivity index (χ2n) is 6.92. The molecule has 5 nitrogen and oxygen atoms in total. The van der Waals surface area contributed by atoms with Crippen molar-refractivity contribution >= 4 is 53.1 Å². The number of nitrogens with zero attached hydrogens (tertiary/aromatic N) is 4. The van der Waals surface area contributed by atoms with Crippen LogP contribution in [-0.2, 0) is 0 Å². The summed E-state index contributed by atoms with van der Waals surface area (Å²) in [4.78, 5) is 7.11. The molecule has 0 aliphatic rings. The lowest BCUT2D eigenvalue weighted by Gasteiger charge is -2.08. The molecule has 31 heavy (non-hydrogen) atoms. The number of hydrogen-bond donors (Lipinski definition) is 0. The van der Waals surface area contributed by atoms with Crippen molar-refractivity contribution in [1.29, 1.82) is 5.26 Å². The summed E-state index contributed by atoms with van der Waals surface area (Å²) in [5, 5.41) is 18.5. The van der Waals surface area contributed by atoms with E-state index in [-0.39, 0.29) is 11.1 Å². The molecule has 150 valence electrons. The van der Waals surface area contributed by atoms with E-state index in [4.69, 9.17) is 6.57 Å². The maximum atomic E-state index is 12.7. The van der Waals surface area contributed by atoms with Crippen LogP contribution in [0.4, 0.5) is 13.2 Å². The number of alkyl halides is 3. The van der Waals surface area contributed by atoms with Crippen LogP contribution in [0.1, 0.15) is 5.56 Å². The predicted molar refractivity (Wildman–Crippen MR) is 111 cm³/mol. The number of nitriles is 1. The molecule has 0 saturated carbocycles. The maximum absolute atomic E-state index is 12.7. The molecule has 0 aliphatic carbocycles. The predicted octanol–water partition coefficient (Wildman–Crippen LogP) is 5.56. The summed E-state index contributed by atoms with van der Waals surface area (Å²) < 4.78 is 43.6. The van der Waals surface area contributed by atoms with E-state index >= 15 is 0 Å². The topological polar surface area (TPSA) is 62.1 Å². The molecule has 0 radical (unpaired) electrons. The van der Waals surface area contributed by atoms with Crippen molar-refractivity contribution in [2.45, 2.75) is 13.3 Å². The third kappa shape index (κ3) is 2.82. The Morgan fingerprint density at radius 1 is 1.00 bits per heavy atom. The normalized spacial score (nSPS) is 13.5. The summed E-state index contributed by atoms with van der Waals surface area (Å²) in [5.41, 5.74) is 1.02. The minimum absolute atomic E-state index is 0.287. The first-order valence-corrected chi connectivity index (χ1v) is 9.74. The average Bonchev–Trinajstić information content (AvgIpc) is 3.29. The fourth-order valence-corrected chi connectivity index (χ4v) is 5.37. The fraction of sp³-hybridized carbons (Fsp3) is 0.0909. The highest BCUT2D eigenvalue weighted by atomic mass is 32.1. The molecule has 5 rings (SSSR count). The van der Waals surface area contributed by atoms with Crippen molar-refractivity contribution in [1.82, 2.24) is 0 Å². The third-order valence-corrected chi connectivity index (χ3v) is 6.30. The van der Waals surface area contributed by atoms with Crippen molar-refractivity contribution in [3.63, 3.8) is 0 Å². The number of hydrogen-bond acceptors (Lipinski definition) is 5. The van der Waals surface area contributed by atoms with Gasteiger partial charge in [0.25, 0.3) is 0 Å². The minimum Gasteiger partial charge on any atom is -0.406 e. The van der Waals surface area contributed by atoms with Crippen LogP contribution in [0.15, 0.2) is 46.5 Å². The van der Waals surface area contributed by atoms with E-state index in [1.165, 1.54) is 23.5 Å². The van der Waals surface area contributed by atoms with Crippen molar-refractivity contribution in [3.8, 4) is 11.9 Å². The van der Waals surface area contributed by atoms with E-state index in [0.29, 0.717) is 20.8 Å². The molecular formula is C22H9F3N4OS. The van der Waals surface area contributed by atoms with E-state index in [1.54, 1.807) is 12.3 Å². The van der Waals surface area contributed by atoms with E-state index in [2.05, 4.69) is 19.8 Å². The average molecular weight is 434 g/mol. The lowest BCUT2D eigenvalue weighted by atomic mass is 10.1. The molecular weight excluding hydrogens is 425 g/mol. The molecule has 0 unspecified atom stereocenters. The molecule has 9 heteroatoms. The first-order valence-electron chi connectivity index (χ1n) is 8.93. The van der Waals surface area contributed by atoms with Crippen LogP contribution in [0.5, 0.6) is 5.75 Å². The lowest BCUT2D eigenvalue weighted by Crippen LogP contribution is -2.17. The highest BCUT2D eigenvalue weighted by Gasteiger charge is 2.31. The van der Waals surface area contributed by atoms with Gasteiger partial charge in [-0.05, 0) is 42.0 Å². The molecule has 0 atom stereocenters. The van der Waals surface area contributed by atoms with Gasteiger partial charge in [0.1, 0.15) is 11.1 Å². The minimum atomic E-state index is -4.83. The van der Waals surface area contributed by atoms with Crippen molar-refractivity contribution < 1.29 is 17.9 Å². The van der Waals surface area contributed by atoms with Gasteiger partial charge in [0.05, 0.1) is 14.5 Å². The van der Waals surface area contributed by atoms with Crippen molar-refractivity contribution in [2.75, 3.05) is 0 Å². The van der Waals surface area contributed by atoms with Crippen LogP contribution in [0, 0.1) is 25.0 Å². The van der Waals surface area contributed by atoms with Crippen LogP contribution < -0.4 is 15.5 Å². The van der Waals surface area contributed by atoms with Gasteiger partial charge in [-0.25, -0.2) is 0 Å². The molecule has 0 amide bonds. The SMILES string of the molecule is [C-]#[N+]/N=c1\c2cc(C)ccc2c2c1sc1c(=NC#N)c3cc(OC(F)(F)F)ccc3c12. The van der Waals surface area contributed by atoms with Crippen LogP contribution in [0.25, 0.3) is 46.7 Å². The number of aryl methyl sites for hydroxylation is 1. The Bertz CT molecular complexity index is 1740. The maximum Gasteiger partial charge on any atom is 0.573 e. The zero-order chi connectivity index (χ0) is 21.9. The number of thiophene rings is 1. The molecule has 1 aromatic heterocycles. The Morgan fingerprint density at radius 3 is 2.29 bits per heavy atom. The van der Waals surface area contributed by atoms with E-state index in [9.17, 15) is 18.4 Å². The summed E-state index contributed by atoms with van der Waals surface area (Å²) >= 11 is 1.33. The van der Waals surface area contributed by atoms with E-state index < -0.39 is 6.36 Å². The zero-order valence-electron chi connectivity index (χ0n) is 15.7. The highest BCUT2D eigenvalue weighted by Crippen LogP contribution is 2.42. The molecule has 0 saturated heterocycles. The van der Waals surface area contributed by atoms with Gasteiger partial charge >= 0.3 is 6.36 Å². The number of halogens is 3. The zero-order valence-corrected chi connectivity index (χ0v) is 16.5. The van der Waals surface area contributed by atoms with Gasteiger partial charge in [-0.15, -0.1) is 29.5 Å². The van der Waals surface area contributed by atoms with E-state index in [0.717, 1.165) is 31.8 Å². The number of benzene rings is 2. The van der Waals surface area contributed by atoms with Gasteiger partial charge in [-0.3, -0.25) is 0 Å². The summed E-state index contributed by atoms with van der Waals surface area (Å²) in [7, 11) is 0. The van der Waals surface area contributed by atoms with Gasteiger partial charge in [-0.1, -0.05) is 17.7 Å². The van der Waals surface area contributed by atoms with Crippen LogP contribution in [-0.4, -0.2) is 6.36 Å².